The molecule has 5 nitrogen and oxygen atoms in total. The number of halogens is 1. The number of rotatable bonds is 9. The topological polar surface area (TPSA) is 33.5 Å². The second-order valence-corrected chi connectivity index (χ2v) is 9.66. The predicted octanol–water partition coefficient (Wildman–Crippen LogP) is 4.83. The molecule has 0 N–H and O–H groups in total. The first-order valence-corrected chi connectivity index (χ1v) is 12.2. The minimum Gasteiger partial charge on any atom is -0.497 e. The van der Waals surface area contributed by atoms with Crippen LogP contribution in [0.3, 0.4) is 0 Å². The Morgan fingerprint density at radius 3 is 2.56 bits per heavy atom. The highest BCUT2D eigenvalue weighted by molar-refractivity contribution is 5.28. The van der Waals surface area contributed by atoms with Crippen molar-refractivity contribution in [2.24, 2.45) is 13.0 Å². The summed E-state index contributed by atoms with van der Waals surface area (Å²) in [5, 5.41) is 4.51. The Kier molecular flexibility index (Phi) is 8.01. The number of aromatic nitrogens is 2. The van der Waals surface area contributed by atoms with Crippen molar-refractivity contribution in [1.82, 2.24) is 19.6 Å². The zero-order valence-electron chi connectivity index (χ0n) is 20.9. The molecule has 1 aliphatic heterocycles. The number of likely N-dealkylation sites (tertiary alicyclic amines) is 1. The zero-order chi connectivity index (χ0) is 24.1. The number of hydrogen-bond acceptors (Lipinski definition) is 4. The second-order valence-electron chi connectivity index (χ2n) is 9.66. The number of aryl methyl sites for hydroxylation is 2. The molecular weight excluding hydrogens is 427 g/mol. The van der Waals surface area contributed by atoms with Crippen LogP contribution in [0.5, 0.6) is 5.75 Å². The fourth-order valence-electron chi connectivity index (χ4n) is 5.29. The van der Waals surface area contributed by atoms with Gasteiger partial charge in [0.15, 0.2) is 0 Å². The highest BCUT2D eigenvalue weighted by Gasteiger charge is 2.30. The van der Waals surface area contributed by atoms with Crippen LogP contribution in [0.15, 0.2) is 54.7 Å². The number of hydrogen-bond donors (Lipinski definition) is 0. The Bertz CT molecular complexity index is 1070. The van der Waals surface area contributed by atoms with Crippen molar-refractivity contribution in [2.45, 2.75) is 45.3 Å². The first kappa shape index (κ1) is 24.4. The third kappa shape index (κ3) is 6.05. The van der Waals surface area contributed by atoms with Gasteiger partial charge in [-0.15, -0.1) is 0 Å². The number of methoxy groups -OCH3 is 1. The molecule has 1 aliphatic rings. The molecule has 1 aromatic heterocycles. The van der Waals surface area contributed by atoms with Crippen LogP contribution in [0, 0.1) is 18.7 Å². The SMILES string of the molecule is COc1cccc(CN2CCC(C(Cc3ccccc3F)N(C)Cc3cn(C)nc3C)CC2)c1. The standard InChI is InChI=1S/C28H37FN4O/c1-21-25(20-32(3)30-21)19-31(2)28(17-24-9-5-6-11-27(24)29)23-12-14-33(15-13-23)18-22-8-7-10-26(16-22)34-4/h5-11,16,20,23,28H,12-15,17-19H2,1-4H3. The largest absolute Gasteiger partial charge is 0.497 e. The molecule has 0 spiro atoms. The van der Waals surface area contributed by atoms with Crippen molar-refractivity contribution in [3.63, 3.8) is 0 Å². The average molecular weight is 465 g/mol. The molecule has 0 aliphatic carbocycles. The fourth-order valence-corrected chi connectivity index (χ4v) is 5.29. The van der Waals surface area contributed by atoms with Gasteiger partial charge in [-0.05, 0) is 81.6 Å². The molecule has 1 atom stereocenters. The summed E-state index contributed by atoms with van der Waals surface area (Å²) in [6.45, 7) is 5.92. The molecule has 4 rings (SSSR count). The highest BCUT2D eigenvalue weighted by atomic mass is 19.1. The monoisotopic (exact) mass is 464 g/mol. The lowest BCUT2D eigenvalue weighted by Crippen LogP contribution is -2.45. The van der Waals surface area contributed by atoms with Gasteiger partial charge in [-0.3, -0.25) is 14.5 Å². The van der Waals surface area contributed by atoms with E-state index < -0.39 is 0 Å². The maximum Gasteiger partial charge on any atom is 0.126 e. The molecule has 6 heteroatoms. The van der Waals surface area contributed by atoms with Crippen LogP contribution in [0.25, 0.3) is 0 Å². The van der Waals surface area contributed by atoms with E-state index in [0.29, 0.717) is 5.92 Å². The van der Waals surface area contributed by atoms with E-state index >= 15 is 0 Å². The Hall–Kier alpha value is -2.70. The van der Waals surface area contributed by atoms with E-state index in [2.05, 4.69) is 53.3 Å². The minimum atomic E-state index is -0.103. The van der Waals surface area contributed by atoms with E-state index in [-0.39, 0.29) is 11.9 Å². The third-order valence-corrected chi connectivity index (χ3v) is 7.20. The van der Waals surface area contributed by atoms with Crippen LogP contribution >= 0.6 is 0 Å². The average Bonchev–Trinajstić information content (AvgIpc) is 3.15. The maximum absolute atomic E-state index is 14.6. The van der Waals surface area contributed by atoms with Crippen molar-refractivity contribution in [3.8, 4) is 5.75 Å². The van der Waals surface area contributed by atoms with Gasteiger partial charge in [-0.25, -0.2) is 4.39 Å². The van der Waals surface area contributed by atoms with Gasteiger partial charge in [-0.1, -0.05) is 30.3 Å². The number of benzene rings is 2. The summed E-state index contributed by atoms with van der Waals surface area (Å²) in [4.78, 5) is 4.94. The van der Waals surface area contributed by atoms with E-state index in [1.165, 1.54) is 11.1 Å². The summed E-state index contributed by atoms with van der Waals surface area (Å²) in [5.41, 5.74) is 4.39. The lowest BCUT2D eigenvalue weighted by atomic mass is 9.84. The number of nitrogens with zero attached hydrogens (tertiary/aromatic N) is 4. The second kappa shape index (κ2) is 11.2. The molecule has 0 radical (unpaired) electrons. The normalized spacial score (nSPS) is 16.2. The van der Waals surface area contributed by atoms with Crippen molar-refractivity contribution in [3.05, 3.63) is 82.9 Å². The Labute approximate surface area is 203 Å². The summed E-state index contributed by atoms with van der Waals surface area (Å²) in [6, 6.07) is 15.8. The highest BCUT2D eigenvalue weighted by Crippen LogP contribution is 2.29. The van der Waals surface area contributed by atoms with Crippen LogP contribution in [-0.4, -0.2) is 52.9 Å². The number of ether oxygens (including phenoxy) is 1. The molecule has 3 aromatic rings. The fraction of sp³-hybridized carbons (Fsp3) is 0.464. The molecular formula is C28H37FN4O. The summed E-state index contributed by atoms with van der Waals surface area (Å²) < 4.78 is 21.9. The summed E-state index contributed by atoms with van der Waals surface area (Å²) in [6.07, 6.45) is 5.05. The first-order valence-electron chi connectivity index (χ1n) is 12.2. The summed E-state index contributed by atoms with van der Waals surface area (Å²) in [5.74, 6) is 1.32. The molecule has 0 amide bonds. The predicted molar refractivity (Wildman–Crippen MR) is 134 cm³/mol. The molecule has 182 valence electrons. The minimum absolute atomic E-state index is 0.103. The van der Waals surface area contributed by atoms with Crippen LogP contribution in [0.4, 0.5) is 4.39 Å². The summed E-state index contributed by atoms with van der Waals surface area (Å²) in [7, 11) is 5.86. The van der Waals surface area contributed by atoms with Gasteiger partial charge in [0.1, 0.15) is 11.6 Å². The number of likely N-dealkylation sites (N-methyl/N-ethyl adjacent to an activating group) is 1. The lowest BCUT2D eigenvalue weighted by molar-refractivity contribution is 0.0948. The Balaban J connectivity index is 1.45. The smallest absolute Gasteiger partial charge is 0.126 e. The number of piperidine rings is 1. The van der Waals surface area contributed by atoms with E-state index in [9.17, 15) is 4.39 Å². The maximum atomic E-state index is 14.6. The van der Waals surface area contributed by atoms with Crippen LogP contribution in [0.2, 0.25) is 0 Å². The van der Waals surface area contributed by atoms with Gasteiger partial charge in [0, 0.05) is 37.9 Å². The van der Waals surface area contributed by atoms with Gasteiger partial charge in [0.05, 0.1) is 12.8 Å². The van der Waals surface area contributed by atoms with Crippen LogP contribution in [-0.2, 0) is 26.6 Å². The summed E-state index contributed by atoms with van der Waals surface area (Å²) >= 11 is 0. The lowest BCUT2D eigenvalue weighted by Gasteiger charge is -2.40. The molecule has 34 heavy (non-hydrogen) atoms. The van der Waals surface area contributed by atoms with Crippen molar-refractivity contribution in [1.29, 1.82) is 0 Å². The molecule has 1 fully saturated rings. The van der Waals surface area contributed by atoms with Gasteiger partial charge in [-0.2, -0.15) is 5.10 Å². The van der Waals surface area contributed by atoms with E-state index in [4.69, 9.17) is 4.74 Å². The van der Waals surface area contributed by atoms with Crippen molar-refractivity contribution < 1.29 is 9.13 Å². The Morgan fingerprint density at radius 1 is 1.12 bits per heavy atom. The molecule has 1 unspecified atom stereocenters. The van der Waals surface area contributed by atoms with Gasteiger partial charge >= 0.3 is 0 Å². The van der Waals surface area contributed by atoms with Crippen LogP contribution < -0.4 is 4.74 Å². The van der Waals surface area contributed by atoms with E-state index in [1.54, 1.807) is 19.2 Å². The zero-order valence-corrected chi connectivity index (χ0v) is 20.9. The van der Waals surface area contributed by atoms with Crippen LogP contribution in [0.1, 0.15) is 35.2 Å². The molecule has 0 saturated carbocycles. The Morgan fingerprint density at radius 2 is 1.88 bits per heavy atom. The van der Waals surface area contributed by atoms with Crippen molar-refractivity contribution in [2.75, 3.05) is 27.2 Å². The van der Waals surface area contributed by atoms with Gasteiger partial charge < -0.3 is 4.74 Å². The van der Waals surface area contributed by atoms with E-state index in [0.717, 1.165) is 62.4 Å². The third-order valence-electron chi connectivity index (χ3n) is 7.20. The first-order chi connectivity index (χ1) is 16.4. The van der Waals surface area contributed by atoms with Gasteiger partial charge in [0.25, 0.3) is 0 Å². The van der Waals surface area contributed by atoms with Crippen molar-refractivity contribution >= 4 is 0 Å². The molecule has 1 saturated heterocycles. The van der Waals surface area contributed by atoms with E-state index in [1.807, 2.05) is 29.9 Å². The molecule has 0 bridgehead atoms. The van der Waals surface area contributed by atoms with Gasteiger partial charge in [0.2, 0.25) is 0 Å². The quantitative estimate of drug-likeness (QED) is 0.454. The molecule has 2 aromatic carbocycles. The molecule has 2 heterocycles.